The maximum atomic E-state index is 14.0. The summed E-state index contributed by atoms with van der Waals surface area (Å²) in [4.78, 5) is 28.6. The third-order valence-electron chi connectivity index (χ3n) is 6.14. The number of aryl methyl sites for hydroxylation is 2. The van der Waals surface area contributed by atoms with Gasteiger partial charge in [-0.25, -0.2) is 8.42 Å². The third kappa shape index (κ3) is 7.83. The van der Waals surface area contributed by atoms with E-state index in [2.05, 4.69) is 5.32 Å². The number of amides is 2. The van der Waals surface area contributed by atoms with Gasteiger partial charge in [0.1, 0.15) is 12.6 Å². The third-order valence-corrected chi connectivity index (χ3v) is 8.30. The number of anilines is 1. The Morgan fingerprint density at radius 3 is 2.15 bits per heavy atom. The lowest BCUT2D eigenvalue weighted by Crippen LogP contribution is -2.54. The number of benzene rings is 3. The van der Waals surface area contributed by atoms with E-state index in [0.29, 0.717) is 16.3 Å². The van der Waals surface area contributed by atoms with Crippen LogP contribution in [0.3, 0.4) is 0 Å². The number of carbonyl (C=O) groups is 2. The average Bonchev–Trinajstić information content (AvgIpc) is 2.85. The fraction of sp³-hybridized carbons (Fsp3) is 0.333. The van der Waals surface area contributed by atoms with Gasteiger partial charge in [-0.2, -0.15) is 0 Å². The van der Waals surface area contributed by atoms with Crippen molar-refractivity contribution < 1.29 is 18.0 Å². The van der Waals surface area contributed by atoms with E-state index >= 15 is 0 Å². The van der Waals surface area contributed by atoms with Gasteiger partial charge in [-0.05, 0) is 83.0 Å². The topological polar surface area (TPSA) is 86.8 Å². The van der Waals surface area contributed by atoms with Crippen molar-refractivity contribution >= 4 is 39.1 Å². The normalized spacial score (nSPS) is 12.5. The zero-order chi connectivity index (χ0) is 29.0. The van der Waals surface area contributed by atoms with Crippen LogP contribution in [0.5, 0.6) is 0 Å². The number of hydrogen-bond acceptors (Lipinski definition) is 4. The lowest BCUT2D eigenvalue weighted by atomic mass is 10.1. The van der Waals surface area contributed by atoms with Gasteiger partial charge in [-0.15, -0.1) is 0 Å². The number of rotatable bonds is 9. The van der Waals surface area contributed by atoms with E-state index in [1.807, 2.05) is 40.7 Å². The van der Waals surface area contributed by atoms with Gasteiger partial charge in [0.05, 0.1) is 10.6 Å². The average molecular weight is 570 g/mol. The monoisotopic (exact) mass is 569 g/mol. The van der Waals surface area contributed by atoms with Crippen LogP contribution in [0.25, 0.3) is 0 Å². The molecule has 208 valence electrons. The molecule has 0 aliphatic carbocycles. The van der Waals surface area contributed by atoms with Crippen LogP contribution < -0.4 is 9.62 Å². The summed E-state index contributed by atoms with van der Waals surface area (Å²) in [5.41, 5.74) is 2.23. The highest BCUT2D eigenvalue weighted by molar-refractivity contribution is 7.92. The number of nitrogens with zero attached hydrogens (tertiary/aromatic N) is 2. The van der Waals surface area contributed by atoms with Crippen LogP contribution in [0.4, 0.5) is 5.69 Å². The first-order valence-electron chi connectivity index (χ1n) is 12.7. The Kier molecular flexibility index (Phi) is 9.46. The molecule has 0 saturated carbocycles. The summed E-state index contributed by atoms with van der Waals surface area (Å²) < 4.78 is 28.8. The Hall–Kier alpha value is -3.36. The van der Waals surface area contributed by atoms with Gasteiger partial charge in [0.25, 0.3) is 10.0 Å². The maximum absolute atomic E-state index is 14.0. The lowest BCUT2D eigenvalue weighted by molar-refractivity contribution is -0.140. The molecule has 3 aromatic rings. The summed E-state index contributed by atoms with van der Waals surface area (Å²) in [6.45, 7) is 10.4. The van der Waals surface area contributed by atoms with E-state index < -0.39 is 34.1 Å². The van der Waals surface area contributed by atoms with Crippen molar-refractivity contribution in [3.8, 4) is 0 Å². The second-order valence-electron chi connectivity index (χ2n) is 10.7. The van der Waals surface area contributed by atoms with Crippen LogP contribution >= 0.6 is 11.6 Å². The maximum Gasteiger partial charge on any atom is 0.264 e. The minimum atomic E-state index is -4.11. The molecule has 39 heavy (non-hydrogen) atoms. The Bertz CT molecular complexity index is 1430. The molecule has 0 bridgehead atoms. The van der Waals surface area contributed by atoms with Gasteiger partial charge in [0.2, 0.25) is 11.8 Å². The van der Waals surface area contributed by atoms with Crippen LogP contribution in [0.15, 0.2) is 77.7 Å². The molecule has 0 fully saturated rings. The zero-order valence-corrected chi connectivity index (χ0v) is 24.8. The van der Waals surface area contributed by atoms with Crippen LogP contribution in [-0.2, 0) is 26.2 Å². The number of halogens is 1. The highest BCUT2D eigenvalue weighted by atomic mass is 35.5. The van der Waals surface area contributed by atoms with Gasteiger partial charge in [-0.3, -0.25) is 13.9 Å². The fourth-order valence-corrected chi connectivity index (χ4v) is 5.62. The van der Waals surface area contributed by atoms with Crippen molar-refractivity contribution in [3.63, 3.8) is 0 Å². The van der Waals surface area contributed by atoms with Crippen LogP contribution in [0, 0.1) is 13.8 Å². The van der Waals surface area contributed by atoms with Crippen molar-refractivity contribution in [1.82, 2.24) is 10.2 Å². The van der Waals surface area contributed by atoms with Crippen molar-refractivity contribution in [2.45, 2.75) is 64.6 Å². The highest BCUT2D eigenvalue weighted by Gasteiger charge is 2.33. The van der Waals surface area contributed by atoms with Crippen LogP contribution in [0.1, 0.15) is 44.4 Å². The molecule has 0 heterocycles. The van der Waals surface area contributed by atoms with E-state index in [1.165, 1.54) is 17.0 Å². The molecule has 0 aliphatic heterocycles. The Morgan fingerprint density at radius 1 is 0.923 bits per heavy atom. The second-order valence-corrected chi connectivity index (χ2v) is 13.0. The molecule has 3 rings (SSSR count). The summed E-state index contributed by atoms with van der Waals surface area (Å²) in [5, 5.41) is 3.36. The van der Waals surface area contributed by atoms with Crippen molar-refractivity contribution in [2.75, 3.05) is 10.8 Å². The Labute approximate surface area is 236 Å². The molecule has 1 atom stereocenters. The molecule has 2 amide bonds. The fourth-order valence-electron chi connectivity index (χ4n) is 4.02. The van der Waals surface area contributed by atoms with Crippen molar-refractivity contribution in [2.24, 2.45) is 0 Å². The van der Waals surface area contributed by atoms with Gasteiger partial charge >= 0.3 is 0 Å². The van der Waals surface area contributed by atoms with Crippen molar-refractivity contribution in [3.05, 3.63) is 94.5 Å². The quantitative estimate of drug-likeness (QED) is 0.369. The Morgan fingerprint density at radius 2 is 1.56 bits per heavy atom. The molecule has 0 aromatic heterocycles. The number of nitrogens with one attached hydrogen (secondary N) is 1. The zero-order valence-electron chi connectivity index (χ0n) is 23.2. The van der Waals surface area contributed by atoms with Gasteiger partial charge in [0, 0.05) is 17.1 Å². The summed E-state index contributed by atoms with van der Waals surface area (Å²) in [7, 11) is -4.11. The summed E-state index contributed by atoms with van der Waals surface area (Å²) >= 11 is 6.40. The minimum absolute atomic E-state index is 0.0312. The second kappa shape index (κ2) is 12.2. The molecule has 3 aromatic carbocycles. The van der Waals surface area contributed by atoms with E-state index in [9.17, 15) is 18.0 Å². The molecule has 1 N–H and O–H groups in total. The summed E-state index contributed by atoms with van der Waals surface area (Å²) in [5.74, 6) is -0.893. The van der Waals surface area contributed by atoms with Gasteiger partial charge in [-0.1, -0.05) is 59.6 Å². The molecule has 0 saturated heterocycles. The molecule has 0 unspecified atom stereocenters. The lowest BCUT2D eigenvalue weighted by Gasteiger charge is -2.33. The standard InChI is InChI=1S/C30H36ClN3O4S/c1-21-14-16-26(17-15-21)39(37,38)34(25-12-9-10-22(2)18-25)20-28(35)33(19-24-11-7-8-13-27(24)31)23(3)29(36)32-30(4,5)6/h7-18,23H,19-20H2,1-6H3,(H,32,36)/t23-/m0/s1. The SMILES string of the molecule is Cc1ccc(S(=O)(=O)N(CC(=O)N(Cc2ccccc2Cl)[C@@H](C)C(=O)NC(C)(C)C)c2cccc(C)c2)cc1. The number of hydrogen-bond donors (Lipinski definition) is 1. The molecule has 7 nitrogen and oxygen atoms in total. The first-order valence-corrected chi connectivity index (χ1v) is 14.5. The Balaban J connectivity index is 2.05. The van der Waals surface area contributed by atoms with E-state index in [-0.39, 0.29) is 17.3 Å². The van der Waals surface area contributed by atoms with Crippen LogP contribution in [0.2, 0.25) is 5.02 Å². The molecule has 0 radical (unpaired) electrons. The highest BCUT2D eigenvalue weighted by Crippen LogP contribution is 2.26. The van der Waals surface area contributed by atoms with E-state index in [4.69, 9.17) is 11.6 Å². The summed E-state index contributed by atoms with van der Waals surface area (Å²) in [6, 6.07) is 19.6. The molecular formula is C30H36ClN3O4S. The van der Waals surface area contributed by atoms with Crippen LogP contribution in [-0.4, -0.2) is 43.3 Å². The molecule has 0 spiro atoms. The predicted molar refractivity (Wildman–Crippen MR) is 156 cm³/mol. The first kappa shape index (κ1) is 30.2. The number of carbonyl (C=O) groups excluding carboxylic acids is 2. The predicted octanol–water partition coefficient (Wildman–Crippen LogP) is 5.48. The van der Waals surface area contributed by atoms with E-state index in [1.54, 1.807) is 61.5 Å². The van der Waals surface area contributed by atoms with Gasteiger partial charge < -0.3 is 10.2 Å². The van der Waals surface area contributed by atoms with Crippen molar-refractivity contribution in [1.29, 1.82) is 0 Å². The molecule has 9 heteroatoms. The van der Waals surface area contributed by atoms with E-state index in [0.717, 1.165) is 15.4 Å². The molecule has 0 aliphatic rings. The smallest absolute Gasteiger partial charge is 0.264 e. The number of sulfonamides is 1. The van der Waals surface area contributed by atoms with Gasteiger partial charge in [0.15, 0.2) is 0 Å². The molecular weight excluding hydrogens is 534 g/mol. The largest absolute Gasteiger partial charge is 0.350 e. The summed E-state index contributed by atoms with van der Waals surface area (Å²) in [6.07, 6.45) is 0. The minimum Gasteiger partial charge on any atom is -0.350 e. The first-order chi connectivity index (χ1) is 18.2.